The third-order valence-electron chi connectivity index (χ3n) is 3.69. The predicted octanol–water partition coefficient (Wildman–Crippen LogP) is 2.91. The van der Waals surface area contributed by atoms with Gasteiger partial charge in [-0.05, 0) is 35.9 Å². The van der Waals surface area contributed by atoms with Crippen molar-refractivity contribution < 1.29 is 4.74 Å². The van der Waals surface area contributed by atoms with Crippen molar-refractivity contribution in [2.75, 3.05) is 7.11 Å². The second kappa shape index (κ2) is 6.62. The van der Waals surface area contributed by atoms with Gasteiger partial charge in [0.1, 0.15) is 11.6 Å². The molecule has 1 unspecified atom stereocenters. The lowest BCUT2D eigenvalue weighted by Crippen LogP contribution is -2.17. The number of methoxy groups -OCH3 is 1. The maximum atomic E-state index is 6.46. The average Bonchev–Trinajstić information content (AvgIpc) is 2.60. The van der Waals surface area contributed by atoms with Crippen LogP contribution in [-0.2, 0) is 6.54 Å². The number of nitrogens with zero attached hydrogens (tertiary/aromatic N) is 2. The fourth-order valence-corrected chi connectivity index (χ4v) is 2.83. The van der Waals surface area contributed by atoms with Crippen LogP contribution in [-0.4, -0.2) is 17.1 Å². The highest BCUT2D eigenvalue weighted by Crippen LogP contribution is 2.28. The highest BCUT2D eigenvalue weighted by Gasteiger charge is 2.16. The minimum absolute atomic E-state index is 0.272. The van der Waals surface area contributed by atoms with E-state index in [9.17, 15) is 0 Å². The van der Waals surface area contributed by atoms with Gasteiger partial charge in [0.05, 0.1) is 30.9 Å². The number of benzene rings is 2. The van der Waals surface area contributed by atoms with Gasteiger partial charge < -0.3 is 16.2 Å². The summed E-state index contributed by atoms with van der Waals surface area (Å²) in [5.41, 5.74) is 14.7. The number of hydrogen-bond acceptors (Lipinski definition) is 5. The van der Waals surface area contributed by atoms with E-state index < -0.39 is 0 Å². The van der Waals surface area contributed by atoms with Gasteiger partial charge in [-0.15, -0.1) is 0 Å². The van der Waals surface area contributed by atoms with E-state index in [1.807, 2.05) is 42.5 Å². The molecule has 1 aromatic heterocycles. The molecule has 6 heteroatoms. The summed E-state index contributed by atoms with van der Waals surface area (Å²) < 4.78 is 6.14. The molecule has 0 amide bonds. The molecule has 0 saturated carbocycles. The van der Waals surface area contributed by atoms with Crippen LogP contribution in [0.1, 0.15) is 23.1 Å². The van der Waals surface area contributed by atoms with Gasteiger partial charge in [-0.3, -0.25) is 0 Å². The second-order valence-electron chi connectivity index (χ2n) is 5.14. The van der Waals surface area contributed by atoms with Gasteiger partial charge in [-0.25, -0.2) is 9.97 Å². The number of halogens is 1. The summed E-state index contributed by atoms with van der Waals surface area (Å²) in [6.45, 7) is 0.272. The van der Waals surface area contributed by atoms with E-state index in [-0.39, 0.29) is 12.6 Å². The van der Waals surface area contributed by atoms with Crippen LogP contribution in [0.3, 0.4) is 0 Å². The topological polar surface area (TPSA) is 87.0 Å². The van der Waals surface area contributed by atoms with Crippen molar-refractivity contribution in [2.45, 2.75) is 12.6 Å². The summed E-state index contributed by atoms with van der Waals surface area (Å²) in [5.74, 6) is 1.37. The number of ether oxygens (including phenoxy) is 1. The van der Waals surface area contributed by atoms with Crippen molar-refractivity contribution in [3.8, 4) is 5.75 Å². The van der Waals surface area contributed by atoms with Crippen LogP contribution >= 0.6 is 15.9 Å². The van der Waals surface area contributed by atoms with Gasteiger partial charge in [0.25, 0.3) is 0 Å². The summed E-state index contributed by atoms with van der Waals surface area (Å²) in [5, 5.41) is 0.917. The van der Waals surface area contributed by atoms with Gasteiger partial charge in [0.15, 0.2) is 0 Å². The Labute approximate surface area is 142 Å². The minimum atomic E-state index is -0.369. The Morgan fingerprint density at radius 1 is 1.13 bits per heavy atom. The van der Waals surface area contributed by atoms with Crippen molar-refractivity contribution in [3.63, 3.8) is 0 Å². The molecule has 23 heavy (non-hydrogen) atoms. The molecule has 118 valence electrons. The summed E-state index contributed by atoms with van der Waals surface area (Å²) in [6, 6.07) is 13.1. The van der Waals surface area contributed by atoms with Gasteiger partial charge in [-0.1, -0.05) is 28.1 Å². The van der Waals surface area contributed by atoms with E-state index in [4.69, 9.17) is 16.2 Å². The molecular formula is C17H17BrN4O. The zero-order chi connectivity index (χ0) is 16.4. The van der Waals surface area contributed by atoms with Crippen molar-refractivity contribution in [2.24, 2.45) is 11.5 Å². The molecule has 0 aliphatic heterocycles. The van der Waals surface area contributed by atoms with Gasteiger partial charge in [0.2, 0.25) is 0 Å². The van der Waals surface area contributed by atoms with E-state index in [2.05, 4.69) is 25.9 Å². The molecule has 0 bridgehead atoms. The zero-order valence-corrected chi connectivity index (χ0v) is 14.2. The van der Waals surface area contributed by atoms with Crippen molar-refractivity contribution in [1.82, 2.24) is 9.97 Å². The first-order valence-corrected chi connectivity index (χ1v) is 7.97. The molecule has 0 spiro atoms. The van der Waals surface area contributed by atoms with Crippen LogP contribution in [0.2, 0.25) is 0 Å². The highest BCUT2D eigenvalue weighted by atomic mass is 79.9. The Balaban J connectivity index is 2.14. The molecule has 3 aromatic rings. The average molecular weight is 373 g/mol. The molecule has 0 fully saturated rings. The second-order valence-corrected chi connectivity index (χ2v) is 6.06. The lowest BCUT2D eigenvalue weighted by Gasteiger charge is -2.16. The normalized spacial score (nSPS) is 12.3. The molecule has 4 N–H and O–H groups in total. The van der Waals surface area contributed by atoms with Crippen LogP contribution in [0.25, 0.3) is 10.9 Å². The summed E-state index contributed by atoms with van der Waals surface area (Å²) in [7, 11) is 1.64. The van der Waals surface area contributed by atoms with Gasteiger partial charge in [0, 0.05) is 9.86 Å². The number of fused-ring (bicyclic) bond motifs is 1. The first-order chi connectivity index (χ1) is 11.1. The Bertz CT molecular complexity index is 836. The lowest BCUT2D eigenvalue weighted by atomic mass is 10.0. The van der Waals surface area contributed by atoms with Crippen molar-refractivity contribution >= 4 is 26.8 Å². The zero-order valence-electron chi connectivity index (χ0n) is 12.7. The molecule has 0 aliphatic rings. The smallest absolute Gasteiger partial charge is 0.142 e. The van der Waals surface area contributed by atoms with Crippen LogP contribution < -0.4 is 16.2 Å². The van der Waals surface area contributed by atoms with Crippen LogP contribution in [0.15, 0.2) is 46.9 Å². The first kappa shape index (κ1) is 15.9. The Kier molecular flexibility index (Phi) is 4.56. The van der Waals surface area contributed by atoms with Gasteiger partial charge >= 0.3 is 0 Å². The molecule has 0 aliphatic carbocycles. The third-order valence-corrected chi connectivity index (χ3v) is 4.18. The van der Waals surface area contributed by atoms with Crippen molar-refractivity contribution in [3.05, 3.63) is 64.0 Å². The quantitative estimate of drug-likeness (QED) is 0.734. The summed E-state index contributed by atoms with van der Waals surface area (Å²) in [6.07, 6.45) is 0. The Morgan fingerprint density at radius 3 is 2.52 bits per heavy atom. The van der Waals surface area contributed by atoms with E-state index >= 15 is 0 Å². The molecule has 5 nitrogen and oxygen atoms in total. The summed E-state index contributed by atoms with van der Waals surface area (Å²) >= 11 is 3.49. The van der Waals surface area contributed by atoms with Gasteiger partial charge in [-0.2, -0.15) is 0 Å². The first-order valence-electron chi connectivity index (χ1n) is 7.18. The number of aromatic nitrogens is 2. The highest BCUT2D eigenvalue weighted by molar-refractivity contribution is 9.10. The molecule has 1 atom stereocenters. The standard InChI is InChI=1S/C17H17BrN4O/c1-23-12-5-2-10(3-6-12)16(20)17-13-8-11(18)4-7-14(13)21-15(9-19)22-17/h2-8,16H,9,19-20H2,1H3. The Hall–Kier alpha value is -2.02. The number of nitrogens with two attached hydrogens (primary N) is 2. The molecule has 0 radical (unpaired) electrons. The van der Waals surface area contributed by atoms with Crippen LogP contribution in [0.5, 0.6) is 5.75 Å². The predicted molar refractivity (Wildman–Crippen MR) is 94.2 cm³/mol. The summed E-state index contributed by atoms with van der Waals surface area (Å²) in [4.78, 5) is 9.03. The molecule has 1 heterocycles. The monoisotopic (exact) mass is 372 g/mol. The molecule has 2 aromatic carbocycles. The molecule has 3 rings (SSSR count). The third kappa shape index (κ3) is 3.19. The molecule has 0 saturated heterocycles. The van der Waals surface area contributed by atoms with E-state index in [0.717, 1.165) is 32.4 Å². The molecular weight excluding hydrogens is 356 g/mol. The maximum Gasteiger partial charge on any atom is 0.142 e. The van der Waals surface area contributed by atoms with E-state index in [1.54, 1.807) is 7.11 Å². The minimum Gasteiger partial charge on any atom is -0.497 e. The van der Waals surface area contributed by atoms with E-state index in [0.29, 0.717) is 5.82 Å². The van der Waals surface area contributed by atoms with E-state index in [1.165, 1.54) is 0 Å². The van der Waals surface area contributed by atoms with Crippen molar-refractivity contribution in [1.29, 1.82) is 0 Å². The fraction of sp³-hybridized carbons (Fsp3) is 0.176. The number of rotatable bonds is 4. The van der Waals surface area contributed by atoms with Crippen LogP contribution in [0.4, 0.5) is 0 Å². The lowest BCUT2D eigenvalue weighted by molar-refractivity contribution is 0.414. The fourth-order valence-electron chi connectivity index (χ4n) is 2.47. The SMILES string of the molecule is COc1ccc(C(N)c2nc(CN)nc3ccc(Br)cc23)cc1. The largest absolute Gasteiger partial charge is 0.497 e. The maximum absolute atomic E-state index is 6.46. The Morgan fingerprint density at radius 2 is 1.87 bits per heavy atom. The van der Waals surface area contributed by atoms with Crippen LogP contribution in [0, 0.1) is 0 Å². The number of hydrogen-bond donors (Lipinski definition) is 2.